The number of hydrogen-bond acceptors (Lipinski definition) is 0. The molecule has 0 atom stereocenters. The summed E-state index contributed by atoms with van der Waals surface area (Å²) in [6.07, 6.45) is 8.14. The van der Waals surface area contributed by atoms with Crippen LogP contribution in [0.25, 0.3) is 10.9 Å². The summed E-state index contributed by atoms with van der Waals surface area (Å²) >= 11 is 0. The second-order valence-electron chi connectivity index (χ2n) is 3.53. The van der Waals surface area contributed by atoms with E-state index in [1.54, 1.807) is 0 Å². The Labute approximate surface area is 84.4 Å². The number of benzene rings is 1. The molecule has 1 heterocycles. The van der Waals surface area contributed by atoms with E-state index in [9.17, 15) is 0 Å². The van der Waals surface area contributed by atoms with Crippen molar-refractivity contribution in [3.05, 3.63) is 36.0 Å². The Hall–Kier alpha value is -1.68. The lowest BCUT2D eigenvalue weighted by molar-refractivity contribution is 0.749. The van der Waals surface area contributed by atoms with Crippen LogP contribution in [0.2, 0.25) is 0 Å². The highest BCUT2D eigenvalue weighted by molar-refractivity contribution is 5.80. The second-order valence-corrected chi connectivity index (χ2v) is 3.53. The molecule has 0 saturated heterocycles. The Morgan fingerprint density at radius 1 is 1.36 bits per heavy atom. The standard InChI is InChI=1S/C13H13N/c1-3-4-8-14-9-7-12-10-11(2)5-6-13(12)14/h1,5-7,9-10H,4,8H2,2H3. The third-order valence-corrected chi connectivity index (χ3v) is 2.42. The number of hydrogen-bond donors (Lipinski definition) is 0. The van der Waals surface area contributed by atoms with Crippen LogP contribution >= 0.6 is 0 Å². The molecule has 1 heteroatoms. The molecular weight excluding hydrogens is 170 g/mol. The zero-order valence-electron chi connectivity index (χ0n) is 8.33. The van der Waals surface area contributed by atoms with Crippen molar-refractivity contribution in [1.29, 1.82) is 0 Å². The molecule has 1 aromatic carbocycles. The van der Waals surface area contributed by atoms with Gasteiger partial charge in [0.2, 0.25) is 0 Å². The minimum atomic E-state index is 0.789. The Kier molecular flexibility index (Phi) is 2.28. The Bertz CT molecular complexity index is 485. The SMILES string of the molecule is C#CCCn1ccc2cc(C)ccc21. The predicted molar refractivity (Wildman–Crippen MR) is 60.1 cm³/mol. The number of aryl methyl sites for hydroxylation is 2. The number of terminal acetylenes is 1. The first-order valence-corrected chi connectivity index (χ1v) is 4.80. The fourth-order valence-electron chi connectivity index (χ4n) is 1.70. The van der Waals surface area contributed by atoms with Gasteiger partial charge >= 0.3 is 0 Å². The summed E-state index contributed by atoms with van der Waals surface area (Å²) in [5.41, 5.74) is 2.57. The molecule has 0 N–H and O–H groups in total. The summed E-state index contributed by atoms with van der Waals surface area (Å²) in [7, 11) is 0. The third kappa shape index (κ3) is 1.52. The van der Waals surface area contributed by atoms with Crippen molar-refractivity contribution in [3.8, 4) is 12.3 Å². The van der Waals surface area contributed by atoms with Crippen LogP contribution in [0.4, 0.5) is 0 Å². The van der Waals surface area contributed by atoms with Crippen LogP contribution in [0.1, 0.15) is 12.0 Å². The van der Waals surface area contributed by atoms with Crippen LogP contribution < -0.4 is 0 Å². The van der Waals surface area contributed by atoms with Gasteiger partial charge in [-0.1, -0.05) is 11.6 Å². The highest BCUT2D eigenvalue weighted by atomic mass is 14.9. The van der Waals surface area contributed by atoms with Gasteiger partial charge < -0.3 is 4.57 Å². The number of aromatic nitrogens is 1. The van der Waals surface area contributed by atoms with Gasteiger partial charge in [-0.3, -0.25) is 0 Å². The lowest BCUT2D eigenvalue weighted by Crippen LogP contribution is -1.94. The van der Waals surface area contributed by atoms with Crippen molar-refractivity contribution in [2.24, 2.45) is 0 Å². The van der Waals surface area contributed by atoms with Crippen molar-refractivity contribution in [1.82, 2.24) is 4.57 Å². The van der Waals surface area contributed by atoms with E-state index in [0.717, 1.165) is 13.0 Å². The predicted octanol–water partition coefficient (Wildman–Crippen LogP) is 2.97. The number of nitrogens with zero attached hydrogens (tertiary/aromatic N) is 1. The van der Waals surface area contributed by atoms with Gasteiger partial charge in [-0.15, -0.1) is 12.3 Å². The Balaban J connectivity index is 2.43. The second kappa shape index (κ2) is 3.59. The first-order valence-electron chi connectivity index (χ1n) is 4.80. The van der Waals surface area contributed by atoms with Crippen LogP contribution in [0.15, 0.2) is 30.5 Å². The Morgan fingerprint density at radius 3 is 3.00 bits per heavy atom. The summed E-state index contributed by atoms with van der Waals surface area (Å²) < 4.78 is 2.20. The van der Waals surface area contributed by atoms with Crippen molar-refractivity contribution < 1.29 is 0 Å². The molecule has 0 spiro atoms. The van der Waals surface area contributed by atoms with Crippen LogP contribution in [0.3, 0.4) is 0 Å². The molecule has 70 valence electrons. The minimum absolute atomic E-state index is 0.789. The van der Waals surface area contributed by atoms with Crippen molar-refractivity contribution in [2.75, 3.05) is 0 Å². The molecule has 0 unspecified atom stereocenters. The molecule has 1 aromatic heterocycles. The molecule has 0 aliphatic rings. The van der Waals surface area contributed by atoms with E-state index in [0.29, 0.717) is 0 Å². The highest BCUT2D eigenvalue weighted by Gasteiger charge is 1.99. The summed E-state index contributed by atoms with van der Waals surface area (Å²) in [6.45, 7) is 3.02. The zero-order valence-corrected chi connectivity index (χ0v) is 8.33. The summed E-state index contributed by atoms with van der Waals surface area (Å²) in [5, 5.41) is 1.29. The van der Waals surface area contributed by atoms with Gasteiger partial charge in [0, 0.05) is 24.7 Å². The monoisotopic (exact) mass is 183 g/mol. The molecule has 0 radical (unpaired) electrons. The maximum atomic E-state index is 5.25. The van der Waals surface area contributed by atoms with E-state index >= 15 is 0 Å². The van der Waals surface area contributed by atoms with Crippen LogP contribution in [-0.2, 0) is 6.54 Å². The molecule has 2 rings (SSSR count). The molecule has 1 nitrogen and oxygen atoms in total. The normalized spacial score (nSPS) is 10.3. The van der Waals surface area contributed by atoms with Crippen molar-refractivity contribution >= 4 is 10.9 Å². The lowest BCUT2D eigenvalue weighted by atomic mass is 10.2. The topological polar surface area (TPSA) is 4.93 Å². The average molecular weight is 183 g/mol. The lowest BCUT2D eigenvalue weighted by Gasteiger charge is -2.02. The van der Waals surface area contributed by atoms with E-state index in [1.807, 2.05) is 0 Å². The van der Waals surface area contributed by atoms with Crippen LogP contribution in [0.5, 0.6) is 0 Å². The van der Waals surface area contributed by atoms with Gasteiger partial charge in [-0.2, -0.15) is 0 Å². The van der Waals surface area contributed by atoms with Gasteiger partial charge in [-0.05, 0) is 30.5 Å². The van der Waals surface area contributed by atoms with Crippen LogP contribution in [0, 0.1) is 19.3 Å². The third-order valence-electron chi connectivity index (χ3n) is 2.42. The van der Waals surface area contributed by atoms with E-state index in [-0.39, 0.29) is 0 Å². The summed E-state index contributed by atoms with van der Waals surface area (Å²) in [4.78, 5) is 0. The molecule has 2 aromatic rings. The molecule has 0 amide bonds. The van der Waals surface area contributed by atoms with Gasteiger partial charge in [0.05, 0.1) is 0 Å². The van der Waals surface area contributed by atoms with Crippen LogP contribution in [-0.4, -0.2) is 4.57 Å². The van der Waals surface area contributed by atoms with E-state index in [2.05, 4.69) is 47.9 Å². The minimum Gasteiger partial charge on any atom is -0.347 e. The fourth-order valence-corrected chi connectivity index (χ4v) is 1.70. The van der Waals surface area contributed by atoms with Gasteiger partial charge in [0.25, 0.3) is 0 Å². The van der Waals surface area contributed by atoms with E-state index in [4.69, 9.17) is 6.42 Å². The number of fused-ring (bicyclic) bond motifs is 1. The van der Waals surface area contributed by atoms with Gasteiger partial charge in [-0.25, -0.2) is 0 Å². The molecule has 0 saturated carbocycles. The maximum absolute atomic E-state index is 5.25. The molecule has 14 heavy (non-hydrogen) atoms. The van der Waals surface area contributed by atoms with E-state index < -0.39 is 0 Å². The van der Waals surface area contributed by atoms with Crippen molar-refractivity contribution in [2.45, 2.75) is 19.9 Å². The highest BCUT2D eigenvalue weighted by Crippen LogP contribution is 2.17. The molecule has 0 aliphatic heterocycles. The zero-order chi connectivity index (χ0) is 9.97. The van der Waals surface area contributed by atoms with Crippen molar-refractivity contribution in [3.63, 3.8) is 0 Å². The molecule has 0 aliphatic carbocycles. The first kappa shape index (κ1) is 8.90. The van der Waals surface area contributed by atoms with Gasteiger partial charge in [0.1, 0.15) is 0 Å². The first-order chi connectivity index (χ1) is 6.81. The fraction of sp³-hybridized carbons (Fsp3) is 0.231. The average Bonchev–Trinajstić information content (AvgIpc) is 2.57. The quantitative estimate of drug-likeness (QED) is 0.631. The summed E-state index contributed by atoms with van der Waals surface area (Å²) in [6, 6.07) is 8.62. The number of rotatable bonds is 2. The smallest absolute Gasteiger partial charge is 0.0480 e. The maximum Gasteiger partial charge on any atom is 0.0480 e. The molecule has 0 fully saturated rings. The Morgan fingerprint density at radius 2 is 2.21 bits per heavy atom. The summed E-state index contributed by atoms with van der Waals surface area (Å²) in [5.74, 6) is 2.66. The largest absolute Gasteiger partial charge is 0.347 e. The molecular formula is C13H13N. The molecule has 0 bridgehead atoms. The van der Waals surface area contributed by atoms with Gasteiger partial charge in [0.15, 0.2) is 0 Å². The van der Waals surface area contributed by atoms with E-state index in [1.165, 1.54) is 16.5 Å².